The van der Waals surface area contributed by atoms with E-state index < -0.39 is 5.92 Å². The second-order valence-corrected chi connectivity index (χ2v) is 6.75. The summed E-state index contributed by atoms with van der Waals surface area (Å²) in [7, 11) is 1.60. The predicted molar refractivity (Wildman–Crippen MR) is 104 cm³/mol. The molecular weight excluding hydrogens is 372 g/mol. The number of hydrogen-bond donors (Lipinski definition) is 0. The first-order valence-corrected chi connectivity index (χ1v) is 9.44. The number of aromatic nitrogens is 2. The number of benzene rings is 1. The molecule has 0 fully saturated rings. The van der Waals surface area contributed by atoms with Crippen LogP contribution in [0.4, 0.5) is 4.79 Å². The van der Waals surface area contributed by atoms with Gasteiger partial charge in [0.1, 0.15) is 17.4 Å². The van der Waals surface area contributed by atoms with Gasteiger partial charge in [-0.05, 0) is 36.8 Å². The van der Waals surface area contributed by atoms with Crippen molar-refractivity contribution in [1.82, 2.24) is 15.0 Å². The van der Waals surface area contributed by atoms with Crippen molar-refractivity contribution in [2.75, 3.05) is 13.7 Å². The van der Waals surface area contributed by atoms with Gasteiger partial charge in [-0.3, -0.25) is 0 Å². The Labute approximate surface area is 167 Å². The zero-order valence-corrected chi connectivity index (χ0v) is 16.2. The van der Waals surface area contributed by atoms with Crippen LogP contribution in [0.5, 0.6) is 5.75 Å². The van der Waals surface area contributed by atoms with Crippen LogP contribution >= 0.6 is 0 Å². The fourth-order valence-corrected chi connectivity index (χ4v) is 3.42. The lowest BCUT2D eigenvalue weighted by Gasteiger charge is -2.26. The Kier molecular flexibility index (Phi) is 5.07. The summed E-state index contributed by atoms with van der Waals surface area (Å²) in [4.78, 5) is 31.4. The highest BCUT2D eigenvalue weighted by molar-refractivity contribution is 6.16. The largest absolute Gasteiger partial charge is 0.501 e. The zero-order chi connectivity index (χ0) is 20.4. The summed E-state index contributed by atoms with van der Waals surface area (Å²) in [5, 5.41) is 4.02. The molecule has 8 nitrogen and oxygen atoms in total. The van der Waals surface area contributed by atoms with Gasteiger partial charge < -0.3 is 9.26 Å². The molecule has 1 aliphatic heterocycles. The van der Waals surface area contributed by atoms with Gasteiger partial charge in [-0.25, -0.2) is 4.79 Å². The van der Waals surface area contributed by atoms with Crippen LogP contribution in [0.2, 0.25) is 0 Å². The molecular formula is C21H21N4O4+. The van der Waals surface area contributed by atoms with Gasteiger partial charge in [0.05, 0.1) is 13.7 Å². The topological polar surface area (TPSA) is 88.5 Å². The highest BCUT2D eigenvalue weighted by atomic mass is 16.5. The van der Waals surface area contributed by atoms with Crippen molar-refractivity contribution in [2.24, 2.45) is 5.92 Å². The van der Waals surface area contributed by atoms with E-state index in [9.17, 15) is 9.59 Å². The van der Waals surface area contributed by atoms with Gasteiger partial charge in [-0.2, -0.15) is 19.3 Å². The number of allylic oxidation sites excluding steroid dienone is 3. The summed E-state index contributed by atoms with van der Waals surface area (Å²) >= 11 is 0. The molecule has 0 spiro atoms. The number of carbonyl (C=O) groups excluding carboxylic acids is 2. The Morgan fingerprint density at radius 2 is 2.00 bits per heavy atom. The summed E-state index contributed by atoms with van der Waals surface area (Å²) in [6.45, 7) is 2.40. The Bertz CT molecular complexity index is 1030. The van der Waals surface area contributed by atoms with Crippen LogP contribution in [0.15, 0.2) is 53.1 Å². The quantitative estimate of drug-likeness (QED) is 0.701. The number of ether oxygens (including phenoxy) is 1. The van der Waals surface area contributed by atoms with Crippen LogP contribution in [0, 0.1) is 5.92 Å². The highest BCUT2D eigenvalue weighted by Gasteiger charge is 2.46. The molecule has 1 unspecified atom stereocenters. The van der Waals surface area contributed by atoms with Crippen LogP contribution in [-0.2, 0) is 11.3 Å². The number of amides is 3. The number of fused-ring (bicyclic) bond motifs is 1. The lowest BCUT2D eigenvalue weighted by Crippen LogP contribution is -2.54. The number of carbonyl (C=O) groups is 2. The summed E-state index contributed by atoms with van der Waals surface area (Å²) in [5.74, 6) is 0.774. The Morgan fingerprint density at radius 1 is 1.21 bits per heavy atom. The van der Waals surface area contributed by atoms with Gasteiger partial charge >= 0.3 is 11.9 Å². The van der Waals surface area contributed by atoms with Crippen molar-refractivity contribution in [3.63, 3.8) is 0 Å². The highest BCUT2D eigenvalue weighted by Crippen LogP contribution is 2.23. The molecule has 1 aromatic heterocycles. The molecule has 0 N–H and O–H groups in total. The summed E-state index contributed by atoms with van der Waals surface area (Å²) in [6, 6.07) is 6.93. The minimum Gasteiger partial charge on any atom is -0.497 e. The van der Waals surface area contributed by atoms with Gasteiger partial charge in [0.15, 0.2) is 6.54 Å². The maximum absolute atomic E-state index is 13.0. The SMILES string of the molecule is CCCN1C(=O)C2C=CC=CC2=[N+](Cc2nc(-c3ccc(OC)cc3)no2)C1=O. The molecule has 1 aromatic carbocycles. The second kappa shape index (κ2) is 7.83. The van der Waals surface area contributed by atoms with Crippen LogP contribution in [-0.4, -0.2) is 50.9 Å². The maximum Gasteiger partial charge on any atom is 0.501 e. The summed E-state index contributed by atoms with van der Waals surface area (Å²) < 4.78 is 12.1. The van der Waals surface area contributed by atoms with E-state index in [0.29, 0.717) is 30.4 Å². The first-order valence-electron chi connectivity index (χ1n) is 9.44. The molecule has 2 heterocycles. The molecule has 0 bridgehead atoms. The maximum atomic E-state index is 13.0. The third-order valence-corrected chi connectivity index (χ3v) is 4.86. The molecule has 2 aliphatic rings. The third kappa shape index (κ3) is 3.49. The molecule has 0 saturated carbocycles. The lowest BCUT2D eigenvalue weighted by molar-refractivity contribution is -0.460. The fraction of sp³-hybridized carbons (Fsp3) is 0.286. The van der Waals surface area contributed by atoms with Gasteiger partial charge in [-0.1, -0.05) is 30.3 Å². The van der Waals surface area contributed by atoms with E-state index in [0.717, 1.165) is 11.3 Å². The average molecular weight is 393 g/mol. The number of imide groups is 1. The number of hydrogen-bond acceptors (Lipinski definition) is 6. The van der Waals surface area contributed by atoms with E-state index in [-0.39, 0.29) is 18.5 Å². The van der Waals surface area contributed by atoms with Crippen molar-refractivity contribution in [2.45, 2.75) is 19.9 Å². The number of urea groups is 1. The molecule has 29 heavy (non-hydrogen) atoms. The van der Waals surface area contributed by atoms with E-state index in [2.05, 4.69) is 10.1 Å². The number of rotatable bonds is 6. The number of nitrogens with zero attached hydrogens (tertiary/aromatic N) is 4. The van der Waals surface area contributed by atoms with Crippen LogP contribution in [0.1, 0.15) is 19.2 Å². The van der Waals surface area contributed by atoms with Crippen molar-refractivity contribution >= 4 is 17.6 Å². The minimum absolute atomic E-state index is 0.0967. The monoisotopic (exact) mass is 393 g/mol. The molecule has 3 amide bonds. The van der Waals surface area contributed by atoms with Crippen LogP contribution in [0.3, 0.4) is 0 Å². The van der Waals surface area contributed by atoms with E-state index in [1.54, 1.807) is 19.3 Å². The van der Waals surface area contributed by atoms with Gasteiger partial charge in [0.25, 0.3) is 5.89 Å². The van der Waals surface area contributed by atoms with Crippen molar-refractivity contribution in [3.05, 3.63) is 54.5 Å². The number of methoxy groups -OCH3 is 1. The standard InChI is InChI=1S/C21H21N4O4/c1-3-12-24-20(26)16-6-4-5-7-17(16)25(21(24)27)13-18-22-19(23-29-18)14-8-10-15(28-2)11-9-14/h4-11,16H,3,12-13H2,1-2H3/q+1. The zero-order valence-electron chi connectivity index (χ0n) is 16.2. The van der Waals surface area contributed by atoms with Gasteiger partial charge in [0.2, 0.25) is 5.82 Å². The van der Waals surface area contributed by atoms with Crippen LogP contribution < -0.4 is 4.74 Å². The molecule has 4 rings (SSSR count). The molecule has 0 saturated heterocycles. The molecule has 2 aromatic rings. The fourth-order valence-electron chi connectivity index (χ4n) is 3.42. The summed E-state index contributed by atoms with van der Waals surface area (Å²) in [5.41, 5.74) is 1.40. The Hall–Kier alpha value is -3.55. The van der Waals surface area contributed by atoms with E-state index in [1.807, 2.05) is 43.3 Å². The normalized spacial score (nSPS) is 18.4. The molecule has 148 valence electrons. The average Bonchev–Trinajstić information content (AvgIpc) is 3.23. The summed E-state index contributed by atoms with van der Waals surface area (Å²) in [6.07, 6.45) is 7.90. The molecule has 0 radical (unpaired) electrons. The second-order valence-electron chi connectivity index (χ2n) is 6.75. The molecule has 8 heteroatoms. The minimum atomic E-state index is -0.478. The first kappa shape index (κ1) is 18.8. The smallest absolute Gasteiger partial charge is 0.497 e. The van der Waals surface area contributed by atoms with Crippen LogP contribution in [0.25, 0.3) is 11.4 Å². The van der Waals surface area contributed by atoms with Crippen molar-refractivity contribution in [1.29, 1.82) is 0 Å². The third-order valence-electron chi connectivity index (χ3n) is 4.86. The van der Waals surface area contributed by atoms with Gasteiger partial charge in [0, 0.05) is 5.56 Å². The van der Waals surface area contributed by atoms with E-state index in [1.165, 1.54) is 9.48 Å². The van der Waals surface area contributed by atoms with E-state index in [4.69, 9.17) is 9.26 Å². The molecule has 1 aliphatic carbocycles. The van der Waals surface area contributed by atoms with Crippen molar-refractivity contribution in [3.8, 4) is 17.1 Å². The van der Waals surface area contributed by atoms with Gasteiger partial charge in [-0.15, -0.1) is 0 Å². The predicted octanol–water partition coefficient (Wildman–Crippen LogP) is 2.81. The van der Waals surface area contributed by atoms with Crippen molar-refractivity contribution < 1.29 is 23.4 Å². The molecule has 1 atom stereocenters. The van der Waals surface area contributed by atoms with E-state index >= 15 is 0 Å². The lowest BCUT2D eigenvalue weighted by atomic mass is 9.94. The Morgan fingerprint density at radius 3 is 2.72 bits per heavy atom. The Balaban J connectivity index is 1.64. The first-order chi connectivity index (χ1) is 14.1.